The van der Waals surface area contributed by atoms with Crippen molar-refractivity contribution < 1.29 is 9.53 Å². The molecule has 2 aromatic heterocycles. The highest BCUT2D eigenvalue weighted by atomic mass is 16.5. The molecule has 3 rings (SSSR count). The third kappa shape index (κ3) is 4.42. The molecule has 2 aromatic rings. The molecule has 0 spiro atoms. The molecule has 9 heteroatoms. The Kier molecular flexibility index (Phi) is 5.22. The summed E-state index contributed by atoms with van der Waals surface area (Å²) in [6.45, 7) is 1.93. The van der Waals surface area contributed by atoms with E-state index in [-0.39, 0.29) is 24.6 Å². The third-order valence-electron chi connectivity index (χ3n) is 3.77. The maximum absolute atomic E-state index is 12.6. The summed E-state index contributed by atoms with van der Waals surface area (Å²) in [4.78, 5) is 22.5. The fraction of sp³-hybridized carbons (Fsp3) is 0.467. The van der Waals surface area contributed by atoms with Gasteiger partial charge in [0.25, 0.3) is 0 Å². The van der Waals surface area contributed by atoms with E-state index in [0.29, 0.717) is 18.9 Å². The summed E-state index contributed by atoms with van der Waals surface area (Å²) < 4.78 is 5.65. The summed E-state index contributed by atoms with van der Waals surface area (Å²) in [6, 6.07) is 5.45. The van der Waals surface area contributed by atoms with Crippen LogP contribution in [0.25, 0.3) is 0 Å². The predicted molar refractivity (Wildman–Crippen MR) is 86.7 cm³/mol. The van der Waals surface area contributed by atoms with Gasteiger partial charge in [0.2, 0.25) is 5.95 Å². The van der Waals surface area contributed by atoms with Gasteiger partial charge in [-0.2, -0.15) is 4.98 Å². The minimum atomic E-state index is -0.203. The number of ether oxygens (including phenoxy) is 1. The van der Waals surface area contributed by atoms with Crippen molar-refractivity contribution >= 4 is 12.0 Å². The first kappa shape index (κ1) is 16.2. The number of nitrogens with two attached hydrogens (primary N) is 1. The molecule has 2 amide bonds. The number of amides is 2. The van der Waals surface area contributed by atoms with Crippen LogP contribution in [0.1, 0.15) is 24.4 Å². The van der Waals surface area contributed by atoms with E-state index >= 15 is 0 Å². The van der Waals surface area contributed by atoms with Crippen LogP contribution in [0.3, 0.4) is 0 Å². The fourth-order valence-corrected chi connectivity index (χ4v) is 2.60. The van der Waals surface area contributed by atoms with E-state index in [4.69, 9.17) is 10.5 Å². The molecule has 4 N–H and O–H groups in total. The second kappa shape index (κ2) is 7.73. The number of carbonyl (C=O) groups excluding carboxylic acids is 1. The molecule has 1 aliphatic rings. The molecule has 0 bridgehead atoms. The molecule has 0 aliphatic carbocycles. The van der Waals surface area contributed by atoms with Gasteiger partial charge in [-0.3, -0.25) is 10.1 Å². The predicted octanol–water partition coefficient (Wildman–Crippen LogP) is 0.673. The maximum Gasteiger partial charge on any atom is 0.318 e. The van der Waals surface area contributed by atoms with Crippen LogP contribution < -0.4 is 11.1 Å². The van der Waals surface area contributed by atoms with Crippen molar-refractivity contribution in [3.63, 3.8) is 0 Å². The Hall–Kier alpha value is -2.68. The Morgan fingerprint density at radius 2 is 2.42 bits per heavy atom. The van der Waals surface area contributed by atoms with Gasteiger partial charge in [0.05, 0.1) is 24.9 Å². The van der Waals surface area contributed by atoms with Crippen LogP contribution in [0.15, 0.2) is 24.4 Å². The molecule has 1 atom stereocenters. The molecule has 3 heterocycles. The van der Waals surface area contributed by atoms with Gasteiger partial charge < -0.3 is 20.7 Å². The van der Waals surface area contributed by atoms with E-state index in [9.17, 15) is 4.79 Å². The largest absolute Gasteiger partial charge is 0.376 e. The average Bonchev–Trinajstić information content (AvgIpc) is 3.24. The van der Waals surface area contributed by atoms with Crippen molar-refractivity contribution in [2.45, 2.75) is 32.0 Å². The van der Waals surface area contributed by atoms with Crippen molar-refractivity contribution in [3.8, 4) is 0 Å². The lowest BCUT2D eigenvalue weighted by atomic mass is 10.2. The average molecular weight is 331 g/mol. The number of hydrogen-bond acceptors (Lipinski definition) is 6. The first-order valence-electron chi connectivity index (χ1n) is 7.92. The summed E-state index contributed by atoms with van der Waals surface area (Å²) >= 11 is 0. The van der Waals surface area contributed by atoms with Gasteiger partial charge in [0, 0.05) is 19.3 Å². The molecule has 9 nitrogen and oxygen atoms in total. The van der Waals surface area contributed by atoms with Crippen LogP contribution in [-0.2, 0) is 17.8 Å². The molecule has 1 fully saturated rings. The summed E-state index contributed by atoms with van der Waals surface area (Å²) in [5.74, 6) is 0.666. The van der Waals surface area contributed by atoms with Crippen LogP contribution >= 0.6 is 0 Å². The number of nitrogens with one attached hydrogen (secondary N) is 2. The fourth-order valence-electron chi connectivity index (χ4n) is 2.60. The van der Waals surface area contributed by atoms with Crippen LogP contribution in [0.2, 0.25) is 0 Å². The van der Waals surface area contributed by atoms with E-state index in [1.54, 1.807) is 11.1 Å². The number of nitrogens with zero attached hydrogens (tertiary/aromatic N) is 4. The molecule has 1 aliphatic heterocycles. The Morgan fingerprint density at radius 1 is 1.50 bits per heavy atom. The van der Waals surface area contributed by atoms with E-state index in [2.05, 4.69) is 25.5 Å². The summed E-state index contributed by atoms with van der Waals surface area (Å²) in [7, 11) is 0. The van der Waals surface area contributed by atoms with Gasteiger partial charge in [0.15, 0.2) is 0 Å². The molecule has 0 unspecified atom stereocenters. The van der Waals surface area contributed by atoms with E-state index in [1.165, 1.54) is 0 Å². The third-order valence-corrected chi connectivity index (χ3v) is 3.77. The summed E-state index contributed by atoms with van der Waals surface area (Å²) in [6.07, 6.45) is 3.78. The SMILES string of the molecule is Nc1n[nH]c(CNC(=O)N(Cc2ccccn2)C[C@H]2CCCO2)n1. The lowest BCUT2D eigenvalue weighted by molar-refractivity contribution is 0.0791. The van der Waals surface area contributed by atoms with E-state index in [0.717, 1.165) is 25.1 Å². The minimum absolute atomic E-state index is 0.0698. The smallest absolute Gasteiger partial charge is 0.318 e. The lowest BCUT2D eigenvalue weighted by Gasteiger charge is -2.25. The summed E-state index contributed by atoms with van der Waals surface area (Å²) in [5.41, 5.74) is 6.28. The maximum atomic E-state index is 12.6. The Balaban J connectivity index is 1.61. The van der Waals surface area contributed by atoms with Crippen LogP contribution in [0, 0.1) is 0 Å². The zero-order valence-corrected chi connectivity index (χ0v) is 13.3. The van der Waals surface area contributed by atoms with Crippen molar-refractivity contribution in [1.29, 1.82) is 0 Å². The first-order chi connectivity index (χ1) is 11.7. The zero-order valence-electron chi connectivity index (χ0n) is 13.3. The monoisotopic (exact) mass is 331 g/mol. The molecule has 128 valence electrons. The van der Waals surface area contributed by atoms with E-state index in [1.807, 2.05) is 18.2 Å². The minimum Gasteiger partial charge on any atom is -0.376 e. The number of nitrogen functional groups attached to an aromatic ring is 1. The highest BCUT2D eigenvalue weighted by Gasteiger charge is 2.23. The molecule has 1 saturated heterocycles. The van der Waals surface area contributed by atoms with Gasteiger partial charge in [0.1, 0.15) is 5.82 Å². The number of aromatic amines is 1. The second-order valence-electron chi connectivity index (χ2n) is 5.64. The molecular formula is C15H21N7O2. The van der Waals surface area contributed by atoms with Gasteiger partial charge in [-0.1, -0.05) is 6.07 Å². The van der Waals surface area contributed by atoms with Crippen molar-refractivity contribution in [2.24, 2.45) is 0 Å². The molecule has 24 heavy (non-hydrogen) atoms. The Morgan fingerprint density at radius 3 is 3.08 bits per heavy atom. The van der Waals surface area contributed by atoms with Crippen molar-refractivity contribution in [2.75, 3.05) is 18.9 Å². The summed E-state index contributed by atoms with van der Waals surface area (Å²) in [5, 5.41) is 9.22. The second-order valence-corrected chi connectivity index (χ2v) is 5.64. The molecule has 0 saturated carbocycles. The normalized spacial score (nSPS) is 16.9. The first-order valence-corrected chi connectivity index (χ1v) is 7.92. The number of aromatic nitrogens is 4. The number of anilines is 1. The Bertz CT molecular complexity index is 655. The quantitative estimate of drug-likeness (QED) is 0.715. The number of H-pyrrole nitrogens is 1. The molecular weight excluding hydrogens is 310 g/mol. The molecule has 0 radical (unpaired) electrons. The number of pyridine rings is 1. The molecule has 0 aromatic carbocycles. The van der Waals surface area contributed by atoms with Crippen LogP contribution in [0.5, 0.6) is 0 Å². The highest BCUT2D eigenvalue weighted by Crippen LogP contribution is 2.15. The van der Waals surface area contributed by atoms with Crippen LogP contribution in [0.4, 0.5) is 10.7 Å². The van der Waals surface area contributed by atoms with Crippen LogP contribution in [-0.4, -0.2) is 50.4 Å². The van der Waals surface area contributed by atoms with Crippen molar-refractivity contribution in [3.05, 3.63) is 35.9 Å². The van der Waals surface area contributed by atoms with Gasteiger partial charge >= 0.3 is 6.03 Å². The number of carbonyl (C=O) groups is 1. The number of rotatable bonds is 6. The van der Waals surface area contributed by atoms with Gasteiger partial charge in [-0.25, -0.2) is 4.79 Å². The number of hydrogen-bond donors (Lipinski definition) is 3. The van der Waals surface area contributed by atoms with E-state index < -0.39 is 0 Å². The number of urea groups is 1. The van der Waals surface area contributed by atoms with Crippen molar-refractivity contribution in [1.82, 2.24) is 30.4 Å². The van der Waals surface area contributed by atoms with Gasteiger partial charge in [-0.15, -0.1) is 5.10 Å². The Labute approximate surface area is 139 Å². The van der Waals surface area contributed by atoms with Gasteiger partial charge in [-0.05, 0) is 25.0 Å². The standard InChI is InChI=1S/C15H21N7O2/c16-14-19-13(20-21-14)8-18-15(23)22(10-12-5-3-7-24-12)9-11-4-1-2-6-17-11/h1-2,4,6,12H,3,5,7-10H2,(H,18,23)(H3,16,19,20,21)/t12-/m1/s1. The topological polar surface area (TPSA) is 122 Å². The lowest BCUT2D eigenvalue weighted by Crippen LogP contribution is -2.43. The zero-order chi connectivity index (χ0) is 16.8. The highest BCUT2D eigenvalue weighted by molar-refractivity contribution is 5.74.